The molecule has 0 N–H and O–H groups in total. The highest BCUT2D eigenvalue weighted by Gasteiger charge is 2.51. The zero-order valence-electron chi connectivity index (χ0n) is 10.0. The zero-order valence-corrected chi connectivity index (χ0v) is 10.8. The second kappa shape index (κ2) is 3.56. The Morgan fingerprint density at radius 2 is 1.71 bits per heavy atom. The van der Waals surface area contributed by atoms with Gasteiger partial charge in [0.1, 0.15) is 0 Å². The van der Waals surface area contributed by atoms with Gasteiger partial charge in [-0.15, -0.1) is 0 Å². The summed E-state index contributed by atoms with van der Waals surface area (Å²) in [6.07, 6.45) is 3.66. The molecule has 2 fully saturated rings. The van der Waals surface area contributed by atoms with E-state index in [4.69, 9.17) is 0 Å². The van der Waals surface area contributed by atoms with E-state index >= 15 is 0 Å². The molecular formula is C13H17NO2S. The van der Waals surface area contributed by atoms with Gasteiger partial charge in [0, 0.05) is 13.1 Å². The maximum absolute atomic E-state index is 12.3. The predicted molar refractivity (Wildman–Crippen MR) is 66.2 cm³/mol. The van der Waals surface area contributed by atoms with Crippen LogP contribution >= 0.6 is 0 Å². The number of nitrogens with zero attached hydrogens (tertiary/aromatic N) is 1. The van der Waals surface area contributed by atoms with Gasteiger partial charge in [-0.25, -0.2) is 8.42 Å². The molecule has 1 spiro atoms. The molecule has 3 nitrogen and oxygen atoms in total. The number of aryl methyl sites for hydroxylation is 1. The van der Waals surface area contributed by atoms with Gasteiger partial charge < -0.3 is 0 Å². The summed E-state index contributed by atoms with van der Waals surface area (Å²) in [4.78, 5) is 0.428. The Morgan fingerprint density at radius 1 is 1.12 bits per heavy atom. The van der Waals surface area contributed by atoms with Gasteiger partial charge >= 0.3 is 0 Å². The highest BCUT2D eigenvalue weighted by Crippen LogP contribution is 2.49. The Balaban J connectivity index is 1.80. The minimum absolute atomic E-state index is 0.345. The largest absolute Gasteiger partial charge is 0.243 e. The predicted octanol–water partition coefficient (Wildman–Crippen LogP) is 2.17. The van der Waals surface area contributed by atoms with Crippen molar-refractivity contribution in [1.29, 1.82) is 0 Å². The van der Waals surface area contributed by atoms with Gasteiger partial charge in [0.25, 0.3) is 0 Å². The Morgan fingerprint density at radius 3 is 2.18 bits per heavy atom. The molecule has 0 bridgehead atoms. The van der Waals surface area contributed by atoms with E-state index < -0.39 is 10.0 Å². The van der Waals surface area contributed by atoms with Crippen LogP contribution in [0.2, 0.25) is 0 Å². The van der Waals surface area contributed by atoms with E-state index in [-0.39, 0.29) is 0 Å². The van der Waals surface area contributed by atoms with E-state index in [9.17, 15) is 8.42 Å². The van der Waals surface area contributed by atoms with Crippen LogP contribution in [0.5, 0.6) is 0 Å². The normalized spacial score (nSPS) is 23.1. The van der Waals surface area contributed by atoms with E-state index in [1.165, 1.54) is 19.3 Å². The third kappa shape index (κ3) is 1.70. The van der Waals surface area contributed by atoms with Gasteiger partial charge in [0.05, 0.1) is 4.90 Å². The molecule has 0 unspecified atom stereocenters. The molecule has 0 radical (unpaired) electrons. The monoisotopic (exact) mass is 251 g/mol. The van der Waals surface area contributed by atoms with Crippen LogP contribution in [-0.4, -0.2) is 25.8 Å². The Labute approximate surface area is 102 Å². The van der Waals surface area contributed by atoms with Crippen molar-refractivity contribution in [2.24, 2.45) is 5.41 Å². The Bertz CT molecular complexity index is 521. The van der Waals surface area contributed by atoms with Crippen LogP contribution < -0.4 is 0 Å². The third-order valence-corrected chi connectivity index (χ3v) is 5.90. The van der Waals surface area contributed by atoms with Crippen molar-refractivity contribution in [2.75, 3.05) is 13.1 Å². The van der Waals surface area contributed by atoms with Gasteiger partial charge in [-0.3, -0.25) is 0 Å². The number of hydrogen-bond donors (Lipinski definition) is 0. The number of hydrogen-bond acceptors (Lipinski definition) is 2. The number of sulfonamides is 1. The minimum atomic E-state index is -3.23. The molecule has 1 saturated heterocycles. The van der Waals surface area contributed by atoms with Crippen molar-refractivity contribution in [1.82, 2.24) is 4.31 Å². The van der Waals surface area contributed by atoms with Gasteiger partial charge in [-0.05, 0) is 37.3 Å². The molecule has 3 rings (SSSR count). The smallest absolute Gasteiger partial charge is 0.207 e. The SMILES string of the molecule is Cc1ccc(S(=O)(=O)N2CC3(CCC3)C2)cc1. The molecule has 2 aliphatic rings. The minimum Gasteiger partial charge on any atom is -0.207 e. The molecule has 1 aromatic carbocycles. The van der Waals surface area contributed by atoms with Crippen LogP contribution in [0.15, 0.2) is 29.2 Å². The van der Waals surface area contributed by atoms with Crippen LogP contribution in [-0.2, 0) is 10.0 Å². The first-order chi connectivity index (χ1) is 8.02. The first kappa shape index (κ1) is 11.2. The molecular weight excluding hydrogens is 234 g/mol. The molecule has 0 atom stereocenters. The fourth-order valence-corrected chi connectivity index (χ4v) is 4.39. The maximum atomic E-state index is 12.3. The van der Waals surface area contributed by atoms with Crippen LogP contribution in [0.25, 0.3) is 0 Å². The summed E-state index contributed by atoms with van der Waals surface area (Å²) in [5, 5.41) is 0. The highest BCUT2D eigenvalue weighted by molar-refractivity contribution is 7.89. The average Bonchev–Trinajstić information content (AvgIpc) is 2.13. The Kier molecular flexibility index (Phi) is 2.35. The standard InChI is InChI=1S/C13H17NO2S/c1-11-3-5-12(6-4-11)17(15,16)14-9-13(10-14)7-2-8-13/h3-6H,2,7-10H2,1H3. The summed E-state index contributed by atoms with van der Waals surface area (Å²) in [6.45, 7) is 3.41. The fraction of sp³-hybridized carbons (Fsp3) is 0.538. The highest BCUT2D eigenvalue weighted by atomic mass is 32.2. The van der Waals surface area contributed by atoms with Crippen molar-refractivity contribution >= 4 is 10.0 Å². The topological polar surface area (TPSA) is 37.4 Å². The second-order valence-corrected chi connectivity index (χ2v) is 7.38. The molecule has 1 aliphatic heterocycles. The maximum Gasteiger partial charge on any atom is 0.243 e. The molecule has 0 aromatic heterocycles. The van der Waals surface area contributed by atoms with E-state index in [0.717, 1.165) is 18.7 Å². The van der Waals surface area contributed by atoms with Crippen molar-refractivity contribution in [3.05, 3.63) is 29.8 Å². The summed E-state index contributed by atoms with van der Waals surface area (Å²) < 4.78 is 26.2. The van der Waals surface area contributed by atoms with Gasteiger partial charge in [-0.2, -0.15) is 4.31 Å². The lowest BCUT2D eigenvalue weighted by molar-refractivity contribution is -0.00794. The number of benzene rings is 1. The van der Waals surface area contributed by atoms with Crippen LogP contribution in [0.3, 0.4) is 0 Å². The van der Waals surface area contributed by atoms with Gasteiger partial charge in [-0.1, -0.05) is 24.1 Å². The first-order valence-electron chi connectivity index (χ1n) is 6.09. The summed E-state index contributed by atoms with van der Waals surface area (Å²) in [7, 11) is -3.23. The fourth-order valence-electron chi connectivity index (χ4n) is 2.72. The summed E-state index contributed by atoms with van der Waals surface area (Å²) in [6, 6.07) is 7.12. The molecule has 1 aliphatic carbocycles. The lowest BCUT2D eigenvalue weighted by Gasteiger charge is -2.54. The van der Waals surface area contributed by atoms with E-state index in [1.807, 2.05) is 19.1 Å². The molecule has 1 heterocycles. The van der Waals surface area contributed by atoms with Crippen molar-refractivity contribution in [3.8, 4) is 0 Å². The van der Waals surface area contributed by atoms with E-state index in [0.29, 0.717) is 10.3 Å². The molecule has 4 heteroatoms. The first-order valence-corrected chi connectivity index (χ1v) is 7.53. The van der Waals surface area contributed by atoms with Crippen LogP contribution in [0, 0.1) is 12.3 Å². The summed E-state index contributed by atoms with van der Waals surface area (Å²) in [5.74, 6) is 0. The Hall–Kier alpha value is -0.870. The molecule has 1 aromatic rings. The zero-order chi connectivity index (χ0) is 12.1. The van der Waals surface area contributed by atoms with Crippen molar-refractivity contribution in [2.45, 2.75) is 31.1 Å². The molecule has 17 heavy (non-hydrogen) atoms. The van der Waals surface area contributed by atoms with E-state index in [2.05, 4.69) is 0 Å². The molecule has 0 amide bonds. The lowest BCUT2D eigenvalue weighted by Crippen LogP contribution is -2.61. The van der Waals surface area contributed by atoms with Crippen molar-refractivity contribution < 1.29 is 8.42 Å². The third-order valence-electron chi connectivity index (χ3n) is 4.10. The van der Waals surface area contributed by atoms with Gasteiger partial charge in [0.2, 0.25) is 10.0 Å². The average molecular weight is 251 g/mol. The van der Waals surface area contributed by atoms with Gasteiger partial charge in [0.15, 0.2) is 0 Å². The van der Waals surface area contributed by atoms with Crippen LogP contribution in [0.1, 0.15) is 24.8 Å². The van der Waals surface area contributed by atoms with Crippen molar-refractivity contribution in [3.63, 3.8) is 0 Å². The second-order valence-electron chi connectivity index (χ2n) is 5.44. The molecule has 1 saturated carbocycles. The summed E-state index contributed by atoms with van der Waals surface area (Å²) >= 11 is 0. The lowest BCUT2D eigenvalue weighted by atomic mass is 9.65. The van der Waals surface area contributed by atoms with E-state index in [1.54, 1.807) is 16.4 Å². The quantitative estimate of drug-likeness (QED) is 0.808. The van der Waals surface area contributed by atoms with Crippen LogP contribution in [0.4, 0.5) is 0 Å². The summed E-state index contributed by atoms with van der Waals surface area (Å²) in [5.41, 5.74) is 1.43. The number of rotatable bonds is 2. The molecule has 92 valence electrons.